The zero-order valence-electron chi connectivity index (χ0n) is 15.6. The molecule has 3 rings (SSSR count). The van der Waals surface area contributed by atoms with Crippen molar-refractivity contribution in [3.8, 4) is 5.82 Å². The standard InChI is InChI=1S/C19H23F3N4O/c1-12(2)17-15(18(27)25-8-4-5-13(3)11-25)10-24-26(17)16-7-6-14(9-23-16)19(20,21)22/h6-7,9-10,12-13H,4-5,8,11H2,1-3H3. The van der Waals surface area contributed by atoms with E-state index in [1.165, 1.54) is 16.9 Å². The first kappa shape index (κ1) is 19.4. The molecule has 27 heavy (non-hydrogen) atoms. The minimum atomic E-state index is -4.44. The maximum Gasteiger partial charge on any atom is 0.417 e. The Morgan fingerprint density at radius 2 is 2.00 bits per heavy atom. The number of alkyl halides is 3. The van der Waals surface area contributed by atoms with E-state index in [0.29, 0.717) is 30.3 Å². The lowest BCUT2D eigenvalue weighted by Crippen LogP contribution is -2.39. The van der Waals surface area contributed by atoms with Crippen LogP contribution in [-0.2, 0) is 6.18 Å². The lowest BCUT2D eigenvalue weighted by Gasteiger charge is -2.31. The van der Waals surface area contributed by atoms with Crippen LogP contribution in [0.2, 0.25) is 0 Å². The number of piperidine rings is 1. The van der Waals surface area contributed by atoms with Gasteiger partial charge in [-0.1, -0.05) is 20.8 Å². The van der Waals surface area contributed by atoms with Crippen molar-refractivity contribution in [1.29, 1.82) is 0 Å². The Balaban J connectivity index is 1.95. The summed E-state index contributed by atoms with van der Waals surface area (Å²) in [7, 11) is 0. The summed E-state index contributed by atoms with van der Waals surface area (Å²) < 4.78 is 39.8. The second kappa shape index (κ2) is 7.32. The van der Waals surface area contributed by atoms with E-state index in [4.69, 9.17) is 0 Å². The predicted octanol–water partition coefficient (Wildman–Crippen LogP) is 4.28. The molecule has 2 aromatic rings. The summed E-state index contributed by atoms with van der Waals surface area (Å²) in [6.45, 7) is 7.39. The van der Waals surface area contributed by atoms with Crippen molar-refractivity contribution in [2.75, 3.05) is 13.1 Å². The van der Waals surface area contributed by atoms with Crippen molar-refractivity contribution in [3.05, 3.63) is 41.3 Å². The van der Waals surface area contributed by atoms with Crippen LogP contribution in [0, 0.1) is 5.92 Å². The first-order valence-electron chi connectivity index (χ1n) is 9.09. The zero-order chi connectivity index (χ0) is 19.8. The number of carbonyl (C=O) groups is 1. The van der Waals surface area contributed by atoms with Gasteiger partial charge in [-0.05, 0) is 36.8 Å². The van der Waals surface area contributed by atoms with Crippen LogP contribution in [0.3, 0.4) is 0 Å². The summed E-state index contributed by atoms with van der Waals surface area (Å²) in [6.07, 6.45) is -0.0815. The summed E-state index contributed by atoms with van der Waals surface area (Å²) in [5.41, 5.74) is 0.328. The van der Waals surface area contributed by atoms with Crippen LogP contribution in [0.4, 0.5) is 13.2 Å². The molecular weight excluding hydrogens is 357 g/mol. The van der Waals surface area contributed by atoms with Crippen molar-refractivity contribution in [3.63, 3.8) is 0 Å². The minimum Gasteiger partial charge on any atom is -0.338 e. The number of amides is 1. The second-order valence-corrected chi connectivity index (χ2v) is 7.41. The van der Waals surface area contributed by atoms with Crippen LogP contribution < -0.4 is 0 Å². The van der Waals surface area contributed by atoms with Crippen LogP contribution >= 0.6 is 0 Å². The molecule has 0 radical (unpaired) electrons. The normalized spacial score (nSPS) is 18.2. The summed E-state index contributed by atoms with van der Waals surface area (Å²) in [5, 5.41) is 4.26. The van der Waals surface area contributed by atoms with E-state index >= 15 is 0 Å². The van der Waals surface area contributed by atoms with Crippen molar-refractivity contribution >= 4 is 5.91 Å². The largest absolute Gasteiger partial charge is 0.417 e. The second-order valence-electron chi connectivity index (χ2n) is 7.41. The maximum atomic E-state index is 13.0. The van der Waals surface area contributed by atoms with Gasteiger partial charge < -0.3 is 4.90 Å². The van der Waals surface area contributed by atoms with Crippen LogP contribution in [0.1, 0.15) is 61.1 Å². The van der Waals surface area contributed by atoms with E-state index in [9.17, 15) is 18.0 Å². The average Bonchev–Trinajstić information content (AvgIpc) is 3.05. The van der Waals surface area contributed by atoms with Crippen LogP contribution in [0.5, 0.6) is 0 Å². The molecule has 146 valence electrons. The summed E-state index contributed by atoms with van der Waals surface area (Å²) in [4.78, 5) is 18.8. The fraction of sp³-hybridized carbons (Fsp3) is 0.526. The Morgan fingerprint density at radius 1 is 1.26 bits per heavy atom. The number of rotatable bonds is 3. The highest BCUT2D eigenvalue weighted by molar-refractivity contribution is 5.95. The van der Waals surface area contributed by atoms with Gasteiger partial charge >= 0.3 is 6.18 Å². The molecule has 1 amide bonds. The number of nitrogens with zero attached hydrogens (tertiary/aromatic N) is 4. The first-order valence-corrected chi connectivity index (χ1v) is 9.09. The lowest BCUT2D eigenvalue weighted by molar-refractivity contribution is -0.137. The molecule has 0 N–H and O–H groups in total. The maximum absolute atomic E-state index is 13.0. The number of pyridine rings is 1. The number of hydrogen-bond acceptors (Lipinski definition) is 3. The third-order valence-electron chi connectivity index (χ3n) is 4.82. The smallest absolute Gasteiger partial charge is 0.338 e. The van der Waals surface area contributed by atoms with Crippen LogP contribution in [-0.4, -0.2) is 38.7 Å². The molecular formula is C19H23F3N4O. The third-order valence-corrected chi connectivity index (χ3v) is 4.82. The topological polar surface area (TPSA) is 51.0 Å². The Labute approximate surface area is 156 Å². The minimum absolute atomic E-state index is 0.0437. The Bertz CT molecular complexity index is 811. The first-order chi connectivity index (χ1) is 12.7. The van der Waals surface area contributed by atoms with Gasteiger partial charge in [-0.3, -0.25) is 4.79 Å². The lowest BCUT2D eigenvalue weighted by atomic mass is 9.98. The van der Waals surface area contributed by atoms with E-state index in [2.05, 4.69) is 17.0 Å². The molecule has 0 aliphatic carbocycles. The zero-order valence-corrected chi connectivity index (χ0v) is 15.6. The molecule has 1 unspecified atom stereocenters. The van der Waals surface area contributed by atoms with Crippen molar-refractivity contribution in [2.24, 2.45) is 5.92 Å². The van der Waals surface area contributed by atoms with Crippen molar-refractivity contribution in [1.82, 2.24) is 19.7 Å². The highest BCUT2D eigenvalue weighted by Crippen LogP contribution is 2.30. The van der Waals surface area contributed by atoms with E-state index in [1.54, 1.807) is 0 Å². The molecule has 1 atom stereocenters. The molecule has 1 aliphatic rings. The van der Waals surface area contributed by atoms with Gasteiger partial charge in [-0.15, -0.1) is 0 Å². The van der Waals surface area contributed by atoms with Crippen molar-refractivity contribution in [2.45, 2.75) is 45.7 Å². The Kier molecular flexibility index (Phi) is 5.26. The van der Waals surface area contributed by atoms with E-state index in [1.807, 2.05) is 18.7 Å². The number of likely N-dealkylation sites (tertiary alicyclic amines) is 1. The Morgan fingerprint density at radius 3 is 2.56 bits per heavy atom. The van der Waals surface area contributed by atoms with E-state index < -0.39 is 11.7 Å². The van der Waals surface area contributed by atoms with Gasteiger partial charge in [0.2, 0.25) is 0 Å². The van der Waals surface area contributed by atoms with Gasteiger partial charge in [0, 0.05) is 19.3 Å². The predicted molar refractivity (Wildman–Crippen MR) is 94.8 cm³/mol. The van der Waals surface area contributed by atoms with Crippen LogP contribution in [0.25, 0.3) is 5.82 Å². The average molecular weight is 380 g/mol. The monoisotopic (exact) mass is 380 g/mol. The molecule has 1 aliphatic heterocycles. The van der Waals surface area contributed by atoms with Gasteiger partial charge in [0.25, 0.3) is 5.91 Å². The molecule has 0 bridgehead atoms. The molecule has 3 heterocycles. The molecule has 8 heteroatoms. The molecule has 0 saturated carbocycles. The number of halogens is 3. The SMILES string of the molecule is CC1CCCN(C(=O)c2cnn(-c3ccc(C(F)(F)F)cn3)c2C(C)C)C1. The number of hydrogen-bond donors (Lipinski definition) is 0. The highest BCUT2D eigenvalue weighted by atomic mass is 19.4. The fourth-order valence-corrected chi connectivity index (χ4v) is 3.48. The molecule has 1 saturated heterocycles. The fourth-order valence-electron chi connectivity index (χ4n) is 3.48. The molecule has 2 aromatic heterocycles. The van der Waals surface area contributed by atoms with Crippen LogP contribution in [0.15, 0.2) is 24.5 Å². The molecule has 0 aromatic carbocycles. The third kappa shape index (κ3) is 3.99. The summed E-state index contributed by atoms with van der Waals surface area (Å²) in [6, 6.07) is 2.25. The quantitative estimate of drug-likeness (QED) is 0.799. The molecule has 1 fully saturated rings. The Hall–Kier alpha value is -2.38. The van der Waals surface area contributed by atoms with Gasteiger partial charge in [-0.2, -0.15) is 18.3 Å². The highest BCUT2D eigenvalue weighted by Gasteiger charge is 2.31. The summed E-state index contributed by atoms with van der Waals surface area (Å²) in [5.74, 6) is 0.593. The molecule has 0 spiro atoms. The van der Waals surface area contributed by atoms with E-state index in [-0.39, 0.29) is 17.6 Å². The number of aromatic nitrogens is 3. The summed E-state index contributed by atoms with van der Waals surface area (Å²) >= 11 is 0. The van der Waals surface area contributed by atoms with E-state index in [0.717, 1.165) is 25.1 Å². The van der Waals surface area contributed by atoms with Crippen molar-refractivity contribution < 1.29 is 18.0 Å². The van der Waals surface area contributed by atoms with Gasteiger partial charge in [-0.25, -0.2) is 9.67 Å². The van der Waals surface area contributed by atoms with Gasteiger partial charge in [0.1, 0.15) is 0 Å². The number of carbonyl (C=O) groups excluding carboxylic acids is 1. The van der Waals surface area contributed by atoms with Gasteiger partial charge in [0.05, 0.1) is 23.0 Å². The molecule has 5 nitrogen and oxygen atoms in total. The van der Waals surface area contributed by atoms with Gasteiger partial charge in [0.15, 0.2) is 5.82 Å².